The fourth-order valence-electron chi connectivity index (χ4n) is 2.80. The summed E-state index contributed by atoms with van der Waals surface area (Å²) in [6.07, 6.45) is 7.10. The Morgan fingerprint density at radius 2 is 2.18 bits per heavy atom. The van der Waals surface area contributed by atoms with Gasteiger partial charge in [-0.2, -0.15) is 0 Å². The van der Waals surface area contributed by atoms with Gasteiger partial charge in [-0.1, -0.05) is 0 Å². The lowest BCUT2D eigenvalue weighted by Gasteiger charge is -2.25. The van der Waals surface area contributed by atoms with Crippen LogP contribution in [0.5, 0.6) is 0 Å². The van der Waals surface area contributed by atoms with Gasteiger partial charge in [0.15, 0.2) is 0 Å². The molecule has 1 unspecified atom stereocenters. The van der Waals surface area contributed by atoms with E-state index in [-0.39, 0.29) is 12.1 Å². The molecule has 1 aliphatic heterocycles. The van der Waals surface area contributed by atoms with Crippen LogP contribution in [-0.2, 0) is 6.42 Å². The van der Waals surface area contributed by atoms with Crippen molar-refractivity contribution in [3.8, 4) is 0 Å². The minimum atomic E-state index is 0.0848. The van der Waals surface area contributed by atoms with Crippen molar-refractivity contribution < 1.29 is 9.21 Å². The molecule has 1 aliphatic carbocycles. The smallest absolute Gasteiger partial charge is 0.317 e. The van der Waals surface area contributed by atoms with Gasteiger partial charge in [0.1, 0.15) is 5.76 Å². The molecule has 0 spiro atoms. The maximum atomic E-state index is 12.0. The van der Waals surface area contributed by atoms with Crippen LogP contribution >= 0.6 is 0 Å². The van der Waals surface area contributed by atoms with E-state index in [4.69, 9.17) is 4.42 Å². The quantitative estimate of drug-likeness (QED) is 0.811. The average molecular weight is 234 g/mol. The molecule has 1 atom stereocenters. The molecule has 4 heteroatoms. The van der Waals surface area contributed by atoms with Crippen LogP contribution in [0.4, 0.5) is 4.79 Å². The predicted octanol–water partition coefficient (Wildman–Crippen LogP) is 2.46. The highest BCUT2D eigenvalue weighted by molar-refractivity contribution is 5.75. The van der Waals surface area contributed by atoms with Gasteiger partial charge in [-0.25, -0.2) is 4.79 Å². The number of furan rings is 1. The molecule has 4 nitrogen and oxygen atoms in total. The van der Waals surface area contributed by atoms with Crippen molar-refractivity contribution in [3.63, 3.8) is 0 Å². The van der Waals surface area contributed by atoms with Gasteiger partial charge in [0.05, 0.1) is 12.3 Å². The maximum Gasteiger partial charge on any atom is 0.317 e. The Morgan fingerprint density at radius 1 is 1.35 bits per heavy atom. The van der Waals surface area contributed by atoms with Crippen LogP contribution in [0.15, 0.2) is 16.7 Å². The molecular weight excluding hydrogens is 216 g/mol. The maximum absolute atomic E-state index is 12.0. The molecule has 92 valence electrons. The number of nitrogens with zero attached hydrogens (tertiary/aromatic N) is 1. The third kappa shape index (κ3) is 2.04. The van der Waals surface area contributed by atoms with E-state index in [1.165, 1.54) is 5.56 Å². The molecule has 17 heavy (non-hydrogen) atoms. The van der Waals surface area contributed by atoms with Crippen LogP contribution in [0.2, 0.25) is 0 Å². The monoisotopic (exact) mass is 234 g/mol. The number of hydrogen-bond donors (Lipinski definition) is 1. The number of aryl methyl sites for hydroxylation is 1. The van der Waals surface area contributed by atoms with Crippen molar-refractivity contribution in [2.45, 2.75) is 38.1 Å². The minimum absolute atomic E-state index is 0.0848. The molecule has 1 aromatic heterocycles. The second kappa shape index (κ2) is 4.43. The first kappa shape index (κ1) is 10.7. The van der Waals surface area contributed by atoms with Gasteiger partial charge in [-0.3, -0.25) is 0 Å². The van der Waals surface area contributed by atoms with Crippen LogP contribution in [0.25, 0.3) is 0 Å². The fourth-order valence-corrected chi connectivity index (χ4v) is 2.80. The van der Waals surface area contributed by atoms with Crippen molar-refractivity contribution in [3.05, 3.63) is 23.7 Å². The lowest BCUT2D eigenvalue weighted by Crippen LogP contribution is -2.40. The minimum Gasteiger partial charge on any atom is -0.469 e. The molecule has 0 bridgehead atoms. The normalized spacial score (nSPS) is 23.5. The molecule has 2 amide bonds. The Hall–Kier alpha value is -1.45. The summed E-state index contributed by atoms with van der Waals surface area (Å²) in [7, 11) is 0. The van der Waals surface area contributed by atoms with Gasteiger partial charge in [-0.05, 0) is 31.7 Å². The molecule has 2 aliphatic rings. The highest BCUT2D eigenvalue weighted by atomic mass is 16.3. The number of urea groups is 1. The number of carbonyl (C=O) groups excluding carboxylic acids is 1. The van der Waals surface area contributed by atoms with Crippen molar-refractivity contribution in [1.29, 1.82) is 0 Å². The first-order valence-electron chi connectivity index (χ1n) is 6.46. The van der Waals surface area contributed by atoms with Gasteiger partial charge < -0.3 is 14.6 Å². The van der Waals surface area contributed by atoms with Gasteiger partial charge in [0, 0.05) is 25.1 Å². The summed E-state index contributed by atoms with van der Waals surface area (Å²) in [5.74, 6) is 1.04. The van der Waals surface area contributed by atoms with E-state index < -0.39 is 0 Å². The van der Waals surface area contributed by atoms with E-state index in [1.807, 2.05) is 11.0 Å². The SMILES string of the molecule is O=C(NC1CCCc2occc21)N1CCCC1. The summed E-state index contributed by atoms with van der Waals surface area (Å²) >= 11 is 0. The van der Waals surface area contributed by atoms with E-state index >= 15 is 0 Å². The Morgan fingerprint density at radius 3 is 3.00 bits per heavy atom. The Kier molecular flexibility index (Phi) is 2.79. The molecule has 3 rings (SSSR count). The number of likely N-dealkylation sites (tertiary alicyclic amines) is 1. The van der Waals surface area contributed by atoms with E-state index in [0.29, 0.717) is 0 Å². The first-order valence-corrected chi connectivity index (χ1v) is 6.46. The molecule has 0 aromatic carbocycles. The molecular formula is C13H18N2O2. The zero-order valence-electron chi connectivity index (χ0n) is 9.95. The second-order valence-corrected chi connectivity index (χ2v) is 4.89. The third-order valence-electron chi connectivity index (χ3n) is 3.74. The van der Waals surface area contributed by atoms with E-state index in [2.05, 4.69) is 5.32 Å². The van der Waals surface area contributed by atoms with Gasteiger partial charge in [0.25, 0.3) is 0 Å². The summed E-state index contributed by atoms with van der Waals surface area (Å²) in [6, 6.07) is 2.22. The lowest BCUT2D eigenvalue weighted by atomic mass is 9.93. The van der Waals surface area contributed by atoms with Crippen molar-refractivity contribution in [2.24, 2.45) is 0 Å². The number of carbonyl (C=O) groups is 1. The Bertz CT molecular complexity index is 407. The van der Waals surface area contributed by atoms with Crippen molar-refractivity contribution in [2.75, 3.05) is 13.1 Å². The van der Waals surface area contributed by atoms with E-state index in [1.54, 1.807) is 6.26 Å². The molecule has 1 N–H and O–H groups in total. The van der Waals surface area contributed by atoms with Crippen LogP contribution in [0.3, 0.4) is 0 Å². The average Bonchev–Trinajstić information content (AvgIpc) is 3.00. The fraction of sp³-hybridized carbons (Fsp3) is 0.615. The number of fused-ring (bicyclic) bond motifs is 1. The van der Waals surface area contributed by atoms with Crippen LogP contribution < -0.4 is 5.32 Å². The molecule has 0 radical (unpaired) electrons. The third-order valence-corrected chi connectivity index (χ3v) is 3.74. The highest BCUT2D eigenvalue weighted by Gasteiger charge is 2.26. The molecule has 0 saturated carbocycles. The summed E-state index contributed by atoms with van der Waals surface area (Å²) < 4.78 is 5.43. The topological polar surface area (TPSA) is 45.5 Å². The summed E-state index contributed by atoms with van der Waals surface area (Å²) in [5.41, 5.74) is 1.17. The van der Waals surface area contributed by atoms with Crippen molar-refractivity contribution in [1.82, 2.24) is 10.2 Å². The van der Waals surface area contributed by atoms with Crippen LogP contribution in [0.1, 0.15) is 43.0 Å². The largest absolute Gasteiger partial charge is 0.469 e. The number of amides is 2. The van der Waals surface area contributed by atoms with Gasteiger partial charge in [0.2, 0.25) is 0 Å². The zero-order valence-corrected chi connectivity index (χ0v) is 9.95. The number of hydrogen-bond acceptors (Lipinski definition) is 2. The molecule has 1 aromatic rings. The standard InChI is InChI=1S/C13H18N2O2/c16-13(15-7-1-2-8-15)14-11-4-3-5-12-10(11)6-9-17-12/h6,9,11H,1-5,7-8H2,(H,14,16). The number of nitrogens with one attached hydrogen (secondary N) is 1. The second-order valence-electron chi connectivity index (χ2n) is 4.89. The van der Waals surface area contributed by atoms with Gasteiger partial charge >= 0.3 is 6.03 Å². The van der Waals surface area contributed by atoms with E-state index in [9.17, 15) is 4.79 Å². The molecule has 2 heterocycles. The summed E-state index contributed by atoms with van der Waals surface area (Å²) in [5, 5.41) is 3.13. The first-order chi connectivity index (χ1) is 8.34. The molecule has 1 fully saturated rings. The van der Waals surface area contributed by atoms with Crippen molar-refractivity contribution >= 4 is 6.03 Å². The highest BCUT2D eigenvalue weighted by Crippen LogP contribution is 2.30. The number of rotatable bonds is 1. The predicted molar refractivity (Wildman–Crippen MR) is 63.7 cm³/mol. The van der Waals surface area contributed by atoms with E-state index in [0.717, 1.165) is 51.0 Å². The Labute approximate surface area is 101 Å². The summed E-state index contributed by atoms with van der Waals surface area (Å²) in [6.45, 7) is 1.80. The van der Waals surface area contributed by atoms with Crippen LogP contribution in [-0.4, -0.2) is 24.0 Å². The van der Waals surface area contributed by atoms with Crippen LogP contribution in [0, 0.1) is 0 Å². The summed E-state index contributed by atoms with van der Waals surface area (Å²) in [4.78, 5) is 13.9. The zero-order chi connectivity index (χ0) is 11.7. The lowest BCUT2D eigenvalue weighted by molar-refractivity contribution is 0.203. The van der Waals surface area contributed by atoms with Gasteiger partial charge in [-0.15, -0.1) is 0 Å². The Balaban J connectivity index is 1.68. The molecule has 1 saturated heterocycles.